The van der Waals surface area contributed by atoms with E-state index >= 15 is 0 Å². The number of methoxy groups -OCH3 is 2. The first-order valence-electron chi connectivity index (χ1n) is 7.12. The van der Waals surface area contributed by atoms with Crippen molar-refractivity contribution in [3.8, 4) is 11.5 Å². The van der Waals surface area contributed by atoms with Crippen LogP contribution in [-0.4, -0.2) is 25.0 Å². The fourth-order valence-electron chi connectivity index (χ4n) is 2.63. The Bertz CT molecular complexity index is 750. The third-order valence-electron chi connectivity index (χ3n) is 3.83. The number of Topliss-reactive ketones (excluding diaryl/α,β-unsaturated/α-hetero) is 1. The highest BCUT2D eigenvalue weighted by molar-refractivity contribution is 6.13. The number of aryl methyl sites for hydroxylation is 1. The number of benzene rings is 1. The van der Waals surface area contributed by atoms with Crippen LogP contribution in [-0.2, 0) is 6.42 Å². The van der Waals surface area contributed by atoms with Crippen LogP contribution in [0.25, 0.3) is 6.08 Å². The molecule has 0 unspecified atom stereocenters. The lowest BCUT2D eigenvalue weighted by atomic mass is 9.86. The van der Waals surface area contributed by atoms with E-state index in [1.165, 1.54) is 0 Å². The predicted octanol–water partition coefficient (Wildman–Crippen LogP) is 3.31. The van der Waals surface area contributed by atoms with Gasteiger partial charge in [-0.2, -0.15) is 0 Å². The molecule has 1 aliphatic carbocycles. The summed E-state index contributed by atoms with van der Waals surface area (Å²) >= 11 is 0. The van der Waals surface area contributed by atoms with Gasteiger partial charge in [-0.15, -0.1) is 0 Å². The van der Waals surface area contributed by atoms with Gasteiger partial charge in [-0.25, -0.2) is 0 Å². The molecule has 0 N–H and O–H groups in total. The molecule has 0 aliphatic heterocycles. The number of carbonyl (C=O) groups excluding carboxylic acids is 1. The summed E-state index contributed by atoms with van der Waals surface area (Å²) in [7, 11) is 3.20. The molecular formula is C18H17NO3. The van der Waals surface area contributed by atoms with Gasteiger partial charge in [-0.3, -0.25) is 9.78 Å². The van der Waals surface area contributed by atoms with Crippen molar-refractivity contribution in [3.05, 3.63) is 58.9 Å². The van der Waals surface area contributed by atoms with Gasteiger partial charge in [0, 0.05) is 17.3 Å². The minimum absolute atomic E-state index is 0.0583. The van der Waals surface area contributed by atoms with Gasteiger partial charge < -0.3 is 9.47 Å². The lowest BCUT2D eigenvalue weighted by Crippen LogP contribution is -2.14. The van der Waals surface area contributed by atoms with Crippen LogP contribution in [0.4, 0.5) is 0 Å². The van der Waals surface area contributed by atoms with Crippen molar-refractivity contribution in [1.29, 1.82) is 0 Å². The SMILES string of the molecule is COc1cncc(/C=C2\CCc3ccc(OC)cc3C2=O)c1. The van der Waals surface area contributed by atoms with E-state index in [-0.39, 0.29) is 5.78 Å². The number of nitrogens with zero attached hydrogens (tertiary/aromatic N) is 1. The second kappa shape index (κ2) is 6.02. The molecule has 4 nitrogen and oxygen atoms in total. The Morgan fingerprint density at radius 3 is 2.64 bits per heavy atom. The normalized spacial score (nSPS) is 15.5. The van der Waals surface area contributed by atoms with E-state index < -0.39 is 0 Å². The molecule has 0 fully saturated rings. The molecule has 1 aliphatic rings. The zero-order valence-corrected chi connectivity index (χ0v) is 12.6. The second-order valence-electron chi connectivity index (χ2n) is 5.18. The van der Waals surface area contributed by atoms with Crippen LogP contribution in [0.5, 0.6) is 11.5 Å². The minimum Gasteiger partial charge on any atom is -0.497 e. The van der Waals surface area contributed by atoms with Gasteiger partial charge in [0.2, 0.25) is 0 Å². The zero-order valence-electron chi connectivity index (χ0n) is 12.6. The quantitative estimate of drug-likeness (QED) is 0.815. The van der Waals surface area contributed by atoms with Gasteiger partial charge in [0.15, 0.2) is 5.78 Å². The highest BCUT2D eigenvalue weighted by Crippen LogP contribution is 2.29. The average molecular weight is 295 g/mol. The molecule has 1 aromatic heterocycles. The number of hydrogen-bond donors (Lipinski definition) is 0. The smallest absolute Gasteiger partial charge is 0.189 e. The molecule has 0 saturated heterocycles. The molecule has 0 bridgehead atoms. The highest BCUT2D eigenvalue weighted by Gasteiger charge is 2.22. The summed E-state index contributed by atoms with van der Waals surface area (Å²) in [6.45, 7) is 0. The van der Waals surface area contributed by atoms with Crippen molar-refractivity contribution in [3.63, 3.8) is 0 Å². The van der Waals surface area contributed by atoms with E-state index in [1.807, 2.05) is 30.3 Å². The summed E-state index contributed by atoms with van der Waals surface area (Å²) in [5.74, 6) is 1.44. The molecule has 112 valence electrons. The number of hydrogen-bond acceptors (Lipinski definition) is 4. The van der Waals surface area contributed by atoms with Crippen molar-refractivity contribution in [2.45, 2.75) is 12.8 Å². The molecule has 22 heavy (non-hydrogen) atoms. The number of fused-ring (bicyclic) bond motifs is 1. The topological polar surface area (TPSA) is 48.4 Å². The lowest BCUT2D eigenvalue weighted by molar-refractivity contribution is 0.102. The summed E-state index contributed by atoms with van der Waals surface area (Å²) in [6.07, 6.45) is 6.85. The second-order valence-corrected chi connectivity index (χ2v) is 5.18. The minimum atomic E-state index is 0.0583. The molecule has 1 heterocycles. The van der Waals surface area contributed by atoms with Crippen LogP contribution in [0, 0.1) is 0 Å². The summed E-state index contributed by atoms with van der Waals surface area (Å²) in [5.41, 5.74) is 3.46. The third-order valence-corrected chi connectivity index (χ3v) is 3.83. The van der Waals surface area contributed by atoms with Crippen molar-refractivity contribution in [1.82, 2.24) is 4.98 Å². The first-order chi connectivity index (χ1) is 10.7. The molecule has 0 atom stereocenters. The zero-order chi connectivity index (χ0) is 15.5. The highest BCUT2D eigenvalue weighted by atomic mass is 16.5. The van der Waals surface area contributed by atoms with Gasteiger partial charge >= 0.3 is 0 Å². The largest absolute Gasteiger partial charge is 0.497 e. The molecule has 2 aromatic rings. The Morgan fingerprint density at radius 2 is 1.86 bits per heavy atom. The maximum atomic E-state index is 12.7. The van der Waals surface area contributed by atoms with Gasteiger partial charge in [0.05, 0.1) is 20.4 Å². The fourth-order valence-corrected chi connectivity index (χ4v) is 2.63. The third kappa shape index (κ3) is 2.72. The number of ketones is 1. The van der Waals surface area contributed by atoms with Crippen LogP contribution >= 0.6 is 0 Å². The van der Waals surface area contributed by atoms with E-state index in [4.69, 9.17) is 9.47 Å². The van der Waals surface area contributed by atoms with Crippen molar-refractivity contribution < 1.29 is 14.3 Å². The lowest BCUT2D eigenvalue weighted by Gasteiger charge is -2.18. The summed E-state index contributed by atoms with van der Waals surface area (Å²) in [4.78, 5) is 16.8. The Kier molecular flexibility index (Phi) is 3.92. The van der Waals surface area contributed by atoms with Crippen LogP contribution in [0.15, 0.2) is 42.2 Å². The summed E-state index contributed by atoms with van der Waals surface area (Å²) in [5, 5.41) is 0. The molecule has 4 heteroatoms. The number of carbonyl (C=O) groups is 1. The van der Waals surface area contributed by atoms with Crippen LogP contribution < -0.4 is 9.47 Å². The van der Waals surface area contributed by atoms with Gasteiger partial charge in [0.25, 0.3) is 0 Å². The van der Waals surface area contributed by atoms with E-state index in [0.29, 0.717) is 11.5 Å². The monoisotopic (exact) mass is 295 g/mol. The molecule has 0 radical (unpaired) electrons. The summed E-state index contributed by atoms with van der Waals surface area (Å²) in [6, 6.07) is 7.55. The first-order valence-corrected chi connectivity index (χ1v) is 7.12. The Morgan fingerprint density at radius 1 is 1.05 bits per heavy atom. The maximum Gasteiger partial charge on any atom is 0.189 e. The Balaban J connectivity index is 1.96. The number of pyridine rings is 1. The Labute approximate surface area is 129 Å². The number of aromatic nitrogens is 1. The van der Waals surface area contributed by atoms with E-state index in [9.17, 15) is 4.79 Å². The predicted molar refractivity (Wildman–Crippen MR) is 84.4 cm³/mol. The van der Waals surface area contributed by atoms with E-state index in [1.54, 1.807) is 26.6 Å². The fraction of sp³-hybridized carbons (Fsp3) is 0.222. The average Bonchev–Trinajstić information content (AvgIpc) is 2.57. The van der Waals surface area contributed by atoms with E-state index in [0.717, 1.165) is 35.1 Å². The van der Waals surface area contributed by atoms with Crippen molar-refractivity contribution >= 4 is 11.9 Å². The van der Waals surface area contributed by atoms with Crippen LogP contribution in [0.2, 0.25) is 0 Å². The number of rotatable bonds is 3. The maximum absolute atomic E-state index is 12.7. The first kappa shape index (κ1) is 14.3. The molecule has 0 saturated carbocycles. The molecule has 1 aromatic carbocycles. The van der Waals surface area contributed by atoms with E-state index in [2.05, 4.69) is 4.98 Å². The van der Waals surface area contributed by atoms with Gasteiger partial charge in [-0.1, -0.05) is 6.07 Å². The number of ether oxygens (including phenoxy) is 2. The van der Waals surface area contributed by atoms with Crippen molar-refractivity contribution in [2.75, 3.05) is 14.2 Å². The van der Waals surface area contributed by atoms with Crippen LogP contribution in [0.3, 0.4) is 0 Å². The molecule has 0 spiro atoms. The number of allylic oxidation sites excluding steroid dienone is 1. The molecule has 3 rings (SSSR count). The molecule has 0 amide bonds. The molecular weight excluding hydrogens is 278 g/mol. The standard InChI is InChI=1S/C18H17NO3/c1-21-15-6-5-13-3-4-14(18(20)17(13)9-15)7-12-8-16(22-2)11-19-10-12/h5-11H,3-4H2,1-2H3/b14-7+. The van der Waals surface area contributed by atoms with Crippen molar-refractivity contribution in [2.24, 2.45) is 0 Å². The van der Waals surface area contributed by atoms with Crippen LogP contribution in [0.1, 0.15) is 27.9 Å². The Hall–Kier alpha value is -2.62. The van der Waals surface area contributed by atoms with Gasteiger partial charge in [-0.05, 0) is 48.2 Å². The van der Waals surface area contributed by atoms with Gasteiger partial charge in [0.1, 0.15) is 11.5 Å². The summed E-state index contributed by atoms with van der Waals surface area (Å²) < 4.78 is 10.4.